The van der Waals surface area contributed by atoms with E-state index in [1.54, 1.807) is 16.9 Å². The summed E-state index contributed by atoms with van der Waals surface area (Å²) >= 11 is 0. The zero-order chi connectivity index (χ0) is 26.6. The van der Waals surface area contributed by atoms with Gasteiger partial charge in [-0.2, -0.15) is 10.2 Å². The quantitative estimate of drug-likeness (QED) is 0.330. The van der Waals surface area contributed by atoms with Crippen molar-refractivity contribution >= 4 is 41.6 Å². The number of hydrogen-bond acceptors (Lipinski definition) is 9. The minimum Gasteiger partial charge on any atom is -0.492 e. The molecule has 0 spiro atoms. The summed E-state index contributed by atoms with van der Waals surface area (Å²) in [4.78, 5) is 29.1. The van der Waals surface area contributed by atoms with E-state index in [4.69, 9.17) is 15.6 Å². The first-order chi connectivity index (χ1) is 18.3. The van der Waals surface area contributed by atoms with E-state index in [2.05, 4.69) is 25.8 Å². The van der Waals surface area contributed by atoms with Crippen molar-refractivity contribution < 1.29 is 18.9 Å². The number of carbonyl (C=O) groups is 2. The van der Waals surface area contributed by atoms with Crippen LogP contribution in [0.25, 0.3) is 11.3 Å². The molecule has 0 atom stereocenters. The van der Waals surface area contributed by atoms with Crippen molar-refractivity contribution in [1.29, 1.82) is 0 Å². The summed E-state index contributed by atoms with van der Waals surface area (Å²) < 4.78 is 21.6. The van der Waals surface area contributed by atoms with Gasteiger partial charge in [0.15, 0.2) is 17.3 Å². The van der Waals surface area contributed by atoms with Crippen LogP contribution in [0.4, 0.5) is 17.2 Å². The lowest BCUT2D eigenvalue weighted by Crippen LogP contribution is -2.20. The second-order valence-electron chi connectivity index (χ2n) is 10.2. The van der Waals surface area contributed by atoms with Gasteiger partial charge in [0.1, 0.15) is 7.14 Å². The van der Waals surface area contributed by atoms with Gasteiger partial charge in [-0.15, -0.1) is 5.10 Å². The van der Waals surface area contributed by atoms with Crippen LogP contribution in [0, 0.1) is 5.92 Å². The van der Waals surface area contributed by atoms with Gasteiger partial charge in [-0.05, 0) is 50.7 Å². The molecule has 0 bridgehead atoms. The first kappa shape index (κ1) is 24.5. The Morgan fingerprint density at radius 3 is 2.47 bits per heavy atom. The van der Waals surface area contributed by atoms with Gasteiger partial charge in [0.25, 0.3) is 5.91 Å². The summed E-state index contributed by atoms with van der Waals surface area (Å²) in [6, 6.07) is 3.67. The number of anilines is 3. The van der Waals surface area contributed by atoms with Crippen molar-refractivity contribution in [2.24, 2.45) is 18.7 Å². The average Bonchev–Trinajstić information content (AvgIpc) is 3.76. The molecule has 13 heteroatoms. The van der Waals surface area contributed by atoms with Gasteiger partial charge in [-0.25, -0.2) is 4.98 Å². The third-order valence-corrected chi connectivity index (χ3v) is 11.6. The fraction of sp³-hybridized carbons (Fsp3) is 0.440. The maximum absolute atomic E-state index is 14.1. The fourth-order valence-electron chi connectivity index (χ4n) is 4.93. The molecule has 0 unspecified atom stereocenters. The summed E-state index contributed by atoms with van der Waals surface area (Å²) in [6.07, 6.45) is 8.57. The summed E-state index contributed by atoms with van der Waals surface area (Å²) in [5, 5.41) is 18.3. The summed E-state index contributed by atoms with van der Waals surface area (Å²) in [5.41, 5.74) is 8.39. The number of nitrogens with zero attached hydrogens (tertiary/aromatic N) is 5. The van der Waals surface area contributed by atoms with Crippen LogP contribution in [0.15, 0.2) is 24.5 Å². The number of carbonyl (C=O) groups excluding carboxylic acids is 2. The Bertz CT molecular complexity index is 1480. The highest BCUT2D eigenvalue weighted by molar-refractivity contribution is 7.73. The van der Waals surface area contributed by atoms with Crippen LogP contribution in [0.1, 0.15) is 49.0 Å². The normalized spacial score (nSPS) is 17.2. The van der Waals surface area contributed by atoms with E-state index in [-0.39, 0.29) is 46.0 Å². The standard InChI is InChI=1S/C25H29N8O4P/c1-33-19(38(36,14-5-6-14)15-7-8-15)11-17(32-33)16-9-10-27-24(22(16)37-2)30-20-18(29-25(35)13-3-4-13)12-28-31-21(20)23(26)34/h9-15H,3-8H2,1-2H3,(H2,26,34)(H,27,28,30)(H,29,31,35). The van der Waals surface area contributed by atoms with Crippen LogP contribution in [-0.4, -0.2) is 55.2 Å². The van der Waals surface area contributed by atoms with Crippen molar-refractivity contribution in [3.8, 4) is 17.0 Å². The van der Waals surface area contributed by atoms with Crippen LogP contribution < -0.4 is 26.5 Å². The van der Waals surface area contributed by atoms with Gasteiger partial charge in [0.05, 0.1) is 35.8 Å². The average molecular weight is 537 g/mol. The molecule has 12 nitrogen and oxygen atoms in total. The second-order valence-corrected chi connectivity index (χ2v) is 13.5. The van der Waals surface area contributed by atoms with Crippen molar-refractivity contribution in [3.63, 3.8) is 0 Å². The predicted octanol–water partition coefficient (Wildman–Crippen LogP) is 2.78. The van der Waals surface area contributed by atoms with Gasteiger partial charge in [0.2, 0.25) is 5.91 Å². The monoisotopic (exact) mass is 536 g/mol. The Balaban J connectivity index is 1.39. The minimum atomic E-state index is -2.54. The van der Waals surface area contributed by atoms with Crippen LogP contribution >= 0.6 is 7.14 Å². The van der Waals surface area contributed by atoms with Crippen molar-refractivity contribution in [2.45, 2.75) is 49.8 Å². The molecular weight excluding hydrogens is 507 g/mol. The number of nitrogens with one attached hydrogen (secondary N) is 2. The topological polar surface area (TPSA) is 167 Å². The summed E-state index contributed by atoms with van der Waals surface area (Å²) in [7, 11) is 0.797. The molecule has 3 saturated carbocycles. The zero-order valence-electron chi connectivity index (χ0n) is 21.2. The maximum atomic E-state index is 14.1. The Kier molecular flexibility index (Phi) is 5.94. The van der Waals surface area contributed by atoms with E-state index < -0.39 is 13.0 Å². The molecule has 4 N–H and O–H groups in total. The number of aryl methyl sites for hydroxylation is 1. The molecule has 3 aromatic heterocycles. The number of pyridine rings is 1. The SMILES string of the molecule is COc1c(-c2cc(P(=O)(C3CC3)C3CC3)n(C)n2)ccnc1Nc1c(NC(=O)C2CC2)cnnc1C(N)=O. The molecule has 0 saturated heterocycles. The smallest absolute Gasteiger partial charge is 0.271 e. The first-order valence-corrected chi connectivity index (χ1v) is 14.6. The number of hydrogen-bond donors (Lipinski definition) is 3. The largest absolute Gasteiger partial charge is 0.492 e. The molecule has 198 valence electrons. The zero-order valence-corrected chi connectivity index (χ0v) is 22.1. The van der Waals surface area contributed by atoms with E-state index in [0.29, 0.717) is 17.0 Å². The lowest BCUT2D eigenvalue weighted by molar-refractivity contribution is -0.117. The van der Waals surface area contributed by atoms with Crippen LogP contribution in [0.2, 0.25) is 0 Å². The van der Waals surface area contributed by atoms with E-state index >= 15 is 0 Å². The minimum absolute atomic E-state index is 0.0652. The predicted molar refractivity (Wildman–Crippen MR) is 141 cm³/mol. The number of primary amides is 1. The van der Waals surface area contributed by atoms with Crippen molar-refractivity contribution in [3.05, 3.63) is 30.2 Å². The molecule has 38 heavy (non-hydrogen) atoms. The van der Waals surface area contributed by atoms with E-state index in [1.165, 1.54) is 13.3 Å². The number of amides is 2. The highest BCUT2D eigenvalue weighted by atomic mass is 31.2. The first-order valence-electron chi connectivity index (χ1n) is 12.7. The Hall–Kier alpha value is -3.79. The third kappa shape index (κ3) is 4.32. The van der Waals surface area contributed by atoms with Gasteiger partial charge < -0.3 is 25.7 Å². The molecule has 3 fully saturated rings. The van der Waals surface area contributed by atoms with E-state index in [9.17, 15) is 14.2 Å². The molecule has 0 radical (unpaired) electrons. The van der Waals surface area contributed by atoms with Gasteiger partial charge in [-0.1, -0.05) is 0 Å². The number of ether oxygens (including phenoxy) is 1. The number of methoxy groups -OCH3 is 1. The molecule has 3 aliphatic rings. The molecule has 3 aliphatic carbocycles. The Morgan fingerprint density at radius 1 is 1.16 bits per heavy atom. The second kappa shape index (κ2) is 9.20. The summed E-state index contributed by atoms with van der Waals surface area (Å²) in [5.74, 6) is -0.423. The third-order valence-electron chi connectivity index (χ3n) is 7.31. The highest BCUT2D eigenvalue weighted by Gasteiger charge is 2.53. The van der Waals surface area contributed by atoms with Crippen LogP contribution in [0.3, 0.4) is 0 Å². The molecule has 2 amide bonds. The summed E-state index contributed by atoms with van der Waals surface area (Å²) in [6.45, 7) is 0. The van der Waals surface area contributed by atoms with Crippen molar-refractivity contribution in [2.75, 3.05) is 17.7 Å². The molecule has 6 rings (SSSR count). The number of rotatable bonds is 10. The van der Waals surface area contributed by atoms with Crippen LogP contribution in [0.5, 0.6) is 5.75 Å². The Morgan fingerprint density at radius 2 is 1.87 bits per heavy atom. The molecule has 0 aliphatic heterocycles. The van der Waals surface area contributed by atoms with Crippen LogP contribution in [-0.2, 0) is 16.4 Å². The molecule has 3 heterocycles. The molecular formula is C25H29N8O4P. The van der Waals surface area contributed by atoms with Gasteiger partial charge >= 0.3 is 0 Å². The fourth-order valence-corrected chi connectivity index (χ4v) is 8.93. The van der Waals surface area contributed by atoms with Gasteiger partial charge in [-0.3, -0.25) is 14.3 Å². The number of aromatic nitrogens is 5. The lowest BCUT2D eigenvalue weighted by Gasteiger charge is -2.17. The Labute approximate surface area is 219 Å². The van der Waals surface area contributed by atoms with Crippen molar-refractivity contribution in [1.82, 2.24) is 25.0 Å². The lowest BCUT2D eigenvalue weighted by atomic mass is 10.1. The van der Waals surface area contributed by atoms with E-state index in [1.807, 2.05) is 13.1 Å². The molecule has 3 aromatic rings. The molecule has 0 aromatic carbocycles. The maximum Gasteiger partial charge on any atom is 0.271 e. The van der Waals surface area contributed by atoms with E-state index in [0.717, 1.165) is 44.0 Å². The van der Waals surface area contributed by atoms with Gasteiger partial charge in [0, 0.05) is 36.0 Å². The highest BCUT2D eigenvalue weighted by Crippen LogP contribution is 2.69. The number of nitrogens with two attached hydrogens (primary N) is 1.